The number of benzene rings is 1. The largest absolute Gasteiger partial charge is 0.522 e. The van der Waals surface area contributed by atoms with E-state index in [1.807, 2.05) is 0 Å². The highest BCUT2D eigenvalue weighted by Gasteiger charge is 2.39. The van der Waals surface area contributed by atoms with E-state index in [4.69, 9.17) is 4.74 Å². The van der Waals surface area contributed by atoms with Crippen molar-refractivity contribution in [2.24, 2.45) is 0 Å². The summed E-state index contributed by atoms with van der Waals surface area (Å²) in [5.74, 6) is -0.861. The van der Waals surface area contributed by atoms with Gasteiger partial charge < -0.3 is 9.84 Å². The smallest absolute Gasteiger partial charge is 0.390 e. The third-order valence-corrected chi connectivity index (χ3v) is 4.16. The van der Waals surface area contributed by atoms with Gasteiger partial charge in [0.05, 0.1) is 12.7 Å². The molecule has 0 bridgehead atoms. The minimum Gasteiger partial charge on any atom is -0.390 e. The Morgan fingerprint density at radius 3 is 2.54 bits per heavy atom. The molecule has 1 aliphatic heterocycles. The van der Waals surface area contributed by atoms with Crippen LogP contribution in [0.3, 0.4) is 0 Å². The van der Waals surface area contributed by atoms with Gasteiger partial charge >= 0.3 is 12.1 Å². The van der Waals surface area contributed by atoms with Gasteiger partial charge in [-0.05, 0) is 12.1 Å². The highest BCUT2D eigenvalue weighted by Crippen LogP contribution is 2.29. The molecule has 0 spiro atoms. The minimum atomic E-state index is -4.90. The molecule has 2 heterocycles. The first-order chi connectivity index (χ1) is 13.2. The topological polar surface area (TPSA) is 99.8 Å². The molecule has 28 heavy (non-hydrogen) atoms. The molecule has 150 valence electrons. The van der Waals surface area contributed by atoms with Gasteiger partial charge in [0.15, 0.2) is 0 Å². The van der Waals surface area contributed by atoms with Crippen LogP contribution in [0.15, 0.2) is 52.2 Å². The number of carbonyl (C=O) groups excluding carboxylic acids is 1. The number of halogens is 3. The molecular formula is C17H15F3N2O6. The van der Waals surface area contributed by atoms with Crippen LogP contribution in [-0.4, -0.2) is 45.3 Å². The Hall–Kier alpha value is -2.76. The number of hydrogen-bond acceptors (Lipinski definition) is 6. The number of carbonyl (C=O) groups is 1. The second-order valence-electron chi connectivity index (χ2n) is 6.04. The van der Waals surface area contributed by atoms with Crippen molar-refractivity contribution in [2.45, 2.75) is 31.2 Å². The van der Waals surface area contributed by atoms with Gasteiger partial charge in [-0.25, -0.2) is 4.79 Å². The van der Waals surface area contributed by atoms with Crippen LogP contribution in [0.5, 0.6) is 0 Å². The summed E-state index contributed by atoms with van der Waals surface area (Å²) in [7, 11) is 0. The molecule has 0 unspecified atom stereocenters. The van der Waals surface area contributed by atoms with Crippen LogP contribution in [0.4, 0.5) is 13.2 Å². The number of nitrogens with zero attached hydrogens (tertiary/aromatic N) is 2. The highest BCUT2D eigenvalue weighted by molar-refractivity contribution is 5.95. The summed E-state index contributed by atoms with van der Waals surface area (Å²) in [5, 5.41) is 9.90. The maximum atomic E-state index is 12.7. The monoisotopic (exact) mass is 400 g/mol. The predicted molar refractivity (Wildman–Crippen MR) is 87.7 cm³/mol. The van der Waals surface area contributed by atoms with Gasteiger partial charge in [-0.3, -0.25) is 18.9 Å². The summed E-state index contributed by atoms with van der Waals surface area (Å²) in [4.78, 5) is 37.2. The summed E-state index contributed by atoms with van der Waals surface area (Å²) in [6.07, 6.45) is -7.88. The Kier molecular flexibility index (Phi) is 5.49. The second kappa shape index (κ2) is 7.70. The van der Waals surface area contributed by atoms with E-state index in [2.05, 4.69) is 4.74 Å². The third kappa shape index (κ3) is 4.21. The quantitative estimate of drug-likeness (QED) is 0.818. The second-order valence-corrected chi connectivity index (χ2v) is 6.04. The van der Waals surface area contributed by atoms with Gasteiger partial charge in [0.1, 0.15) is 12.3 Å². The average Bonchev–Trinajstić information content (AvgIpc) is 3.00. The van der Waals surface area contributed by atoms with Gasteiger partial charge in [-0.2, -0.15) is 4.57 Å². The minimum absolute atomic E-state index is 0.100. The van der Waals surface area contributed by atoms with Crippen LogP contribution in [0.2, 0.25) is 0 Å². The number of aromatic nitrogens is 2. The molecule has 0 radical (unpaired) electrons. The van der Waals surface area contributed by atoms with E-state index in [0.29, 0.717) is 4.57 Å². The van der Waals surface area contributed by atoms with E-state index >= 15 is 0 Å². The van der Waals surface area contributed by atoms with Crippen molar-refractivity contribution in [1.82, 2.24) is 9.13 Å². The summed E-state index contributed by atoms with van der Waals surface area (Å²) in [5.41, 5.74) is -1.80. The van der Waals surface area contributed by atoms with Crippen LogP contribution in [0, 0.1) is 0 Å². The van der Waals surface area contributed by atoms with Gasteiger partial charge in [-0.1, -0.05) is 18.2 Å². The molecule has 1 aromatic carbocycles. The van der Waals surface area contributed by atoms with Crippen molar-refractivity contribution < 1.29 is 32.5 Å². The van der Waals surface area contributed by atoms with Crippen LogP contribution >= 0.6 is 0 Å². The first-order valence-electron chi connectivity index (χ1n) is 8.15. The zero-order valence-electron chi connectivity index (χ0n) is 14.2. The number of hydrogen-bond donors (Lipinski definition) is 1. The first kappa shape index (κ1) is 20.0. The van der Waals surface area contributed by atoms with Crippen molar-refractivity contribution in [3.63, 3.8) is 0 Å². The molecule has 0 aliphatic carbocycles. The number of alkyl halides is 3. The lowest BCUT2D eigenvalue weighted by Crippen LogP contribution is -2.44. The fraction of sp³-hybridized carbons (Fsp3) is 0.353. The fourth-order valence-corrected chi connectivity index (χ4v) is 2.82. The SMILES string of the molecule is O=C(c1ccccc1)n1c(=O)ccn([C@H]2C[C@H](O)[C@@H](COC(F)(F)F)O2)c1=O. The number of ether oxygens (including phenoxy) is 2. The highest BCUT2D eigenvalue weighted by atomic mass is 19.4. The Morgan fingerprint density at radius 2 is 1.89 bits per heavy atom. The van der Waals surface area contributed by atoms with E-state index in [-0.39, 0.29) is 12.0 Å². The maximum absolute atomic E-state index is 12.7. The van der Waals surface area contributed by atoms with Gasteiger partial charge in [0.25, 0.3) is 11.5 Å². The van der Waals surface area contributed by atoms with E-state index in [1.165, 1.54) is 12.1 Å². The van der Waals surface area contributed by atoms with Gasteiger partial charge in [-0.15, -0.1) is 13.2 Å². The van der Waals surface area contributed by atoms with Crippen molar-refractivity contribution in [2.75, 3.05) is 6.61 Å². The molecule has 8 nitrogen and oxygen atoms in total. The zero-order valence-corrected chi connectivity index (χ0v) is 14.2. The number of rotatable bonds is 4. The Bertz CT molecular complexity index is 969. The first-order valence-corrected chi connectivity index (χ1v) is 8.15. The Morgan fingerprint density at radius 1 is 1.21 bits per heavy atom. The molecule has 1 fully saturated rings. The van der Waals surface area contributed by atoms with E-state index < -0.39 is 48.6 Å². The Labute approximate surface area is 155 Å². The lowest BCUT2D eigenvalue weighted by Gasteiger charge is -2.17. The van der Waals surface area contributed by atoms with Crippen molar-refractivity contribution in [3.05, 3.63) is 69.0 Å². The van der Waals surface area contributed by atoms with E-state index in [1.54, 1.807) is 18.2 Å². The fourth-order valence-electron chi connectivity index (χ4n) is 2.82. The summed E-state index contributed by atoms with van der Waals surface area (Å²) >= 11 is 0. The van der Waals surface area contributed by atoms with Crippen molar-refractivity contribution in [1.29, 1.82) is 0 Å². The Balaban J connectivity index is 1.87. The maximum Gasteiger partial charge on any atom is 0.522 e. The van der Waals surface area contributed by atoms with Crippen molar-refractivity contribution in [3.8, 4) is 0 Å². The zero-order chi connectivity index (χ0) is 20.5. The average molecular weight is 400 g/mol. The molecule has 3 rings (SSSR count). The van der Waals surface area contributed by atoms with Crippen LogP contribution < -0.4 is 11.2 Å². The molecule has 1 aliphatic rings. The molecule has 3 atom stereocenters. The number of aliphatic hydroxyl groups excluding tert-OH is 1. The lowest BCUT2D eigenvalue weighted by atomic mass is 10.2. The van der Waals surface area contributed by atoms with Crippen molar-refractivity contribution >= 4 is 5.91 Å². The molecule has 1 aromatic heterocycles. The predicted octanol–water partition coefficient (Wildman–Crippen LogP) is 0.883. The summed E-state index contributed by atoms with van der Waals surface area (Å²) < 4.78 is 46.7. The molecule has 2 aromatic rings. The molecule has 11 heteroatoms. The summed E-state index contributed by atoms with van der Waals surface area (Å²) in [6.45, 7) is -0.960. The van der Waals surface area contributed by atoms with Crippen LogP contribution in [0.25, 0.3) is 0 Å². The third-order valence-electron chi connectivity index (χ3n) is 4.16. The number of aliphatic hydroxyl groups is 1. The van der Waals surface area contributed by atoms with E-state index in [9.17, 15) is 32.7 Å². The molecular weight excluding hydrogens is 385 g/mol. The van der Waals surface area contributed by atoms with Crippen LogP contribution in [0.1, 0.15) is 23.0 Å². The van der Waals surface area contributed by atoms with Gasteiger partial charge in [0.2, 0.25) is 0 Å². The molecule has 1 saturated heterocycles. The normalized spacial score (nSPS) is 22.4. The molecule has 0 amide bonds. The van der Waals surface area contributed by atoms with Crippen LogP contribution in [-0.2, 0) is 9.47 Å². The summed E-state index contributed by atoms with van der Waals surface area (Å²) in [6, 6.07) is 8.57. The van der Waals surface area contributed by atoms with E-state index in [0.717, 1.165) is 16.8 Å². The lowest BCUT2D eigenvalue weighted by molar-refractivity contribution is -0.333. The molecule has 1 N–H and O–H groups in total. The molecule has 0 saturated carbocycles. The standard InChI is InChI=1S/C17H15F3N2O6/c18-17(19,20)27-9-12-11(23)8-14(28-12)21-7-6-13(24)22(16(21)26)15(25)10-4-2-1-3-5-10/h1-7,11-12,14,23H,8-9H2/t11-,12+,14+/m0/s1. The van der Waals surface area contributed by atoms with Gasteiger partial charge in [0, 0.05) is 24.2 Å².